The first kappa shape index (κ1) is 17.0. The Balaban J connectivity index is 2.49. The molecule has 0 aromatic carbocycles. The third kappa shape index (κ3) is 6.76. The minimum Gasteiger partial charge on any atom is -0.379 e. The van der Waals surface area contributed by atoms with E-state index in [0.29, 0.717) is 0 Å². The van der Waals surface area contributed by atoms with Crippen LogP contribution in [-0.4, -0.2) is 24.8 Å². The SMILES string of the molecule is COC(C)(C)CCC(CNC(C)(C)C)C1CCCC1. The van der Waals surface area contributed by atoms with Crippen LogP contribution in [0.1, 0.15) is 73.1 Å². The van der Waals surface area contributed by atoms with Gasteiger partial charge >= 0.3 is 0 Å². The Labute approximate surface area is 120 Å². The van der Waals surface area contributed by atoms with Crippen LogP contribution < -0.4 is 5.32 Å². The van der Waals surface area contributed by atoms with Gasteiger partial charge in [-0.1, -0.05) is 25.7 Å². The van der Waals surface area contributed by atoms with Crippen LogP contribution in [0.25, 0.3) is 0 Å². The first-order chi connectivity index (χ1) is 8.73. The second-order valence-electron chi connectivity index (χ2n) is 7.94. The topological polar surface area (TPSA) is 21.3 Å². The van der Waals surface area contributed by atoms with Gasteiger partial charge in [-0.3, -0.25) is 0 Å². The molecule has 0 radical (unpaired) electrons. The van der Waals surface area contributed by atoms with Crippen molar-refractivity contribution in [3.8, 4) is 0 Å². The Morgan fingerprint density at radius 2 is 1.68 bits per heavy atom. The number of ether oxygens (including phenoxy) is 1. The van der Waals surface area contributed by atoms with Crippen molar-refractivity contribution in [2.45, 2.75) is 84.3 Å². The monoisotopic (exact) mass is 269 g/mol. The highest BCUT2D eigenvalue weighted by atomic mass is 16.5. The molecule has 0 saturated heterocycles. The predicted molar refractivity (Wildman–Crippen MR) is 83.5 cm³/mol. The number of rotatable bonds is 7. The van der Waals surface area contributed by atoms with Crippen LogP contribution in [0.5, 0.6) is 0 Å². The van der Waals surface area contributed by atoms with Crippen LogP contribution in [0.2, 0.25) is 0 Å². The van der Waals surface area contributed by atoms with Crippen molar-refractivity contribution < 1.29 is 4.74 Å². The lowest BCUT2D eigenvalue weighted by molar-refractivity contribution is 0.00804. The molecular formula is C17H35NO. The van der Waals surface area contributed by atoms with Gasteiger partial charge in [-0.05, 0) is 65.8 Å². The van der Waals surface area contributed by atoms with Crippen LogP contribution in [0, 0.1) is 11.8 Å². The Bertz CT molecular complexity index is 248. The van der Waals surface area contributed by atoms with E-state index in [1.807, 2.05) is 7.11 Å². The van der Waals surface area contributed by atoms with Crippen LogP contribution in [0.3, 0.4) is 0 Å². The van der Waals surface area contributed by atoms with Crippen LogP contribution in [0.4, 0.5) is 0 Å². The Hall–Kier alpha value is -0.0800. The van der Waals surface area contributed by atoms with Gasteiger partial charge in [0.2, 0.25) is 0 Å². The summed E-state index contributed by atoms with van der Waals surface area (Å²) in [5.74, 6) is 1.75. The summed E-state index contributed by atoms with van der Waals surface area (Å²) < 4.78 is 5.58. The zero-order valence-electron chi connectivity index (χ0n) is 14.0. The predicted octanol–water partition coefficient (Wildman–Crippen LogP) is 4.39. The maximum atomic E-state index is 5.58. The van der Waals surface area contributed by atoms with E-state index in [1.165, 1.54) is 32.1 Å². The molecule has 0 heterocycles. The molecule has 0 bridgehead atoms. The Morgan fingerprint density at radius 1 is 1.11 bits per heavy atom. The fraction of sp³-hybridized carbons (Fsp3) is 1.00. The lowest BCUT2D eigenvalue weighted by atomic mass is 9.84. The highest BCUT2D eigenvalue weighted by Crippen LogP contribution is 2.35. The first-order valence-corrected chi connectivity index (χ1v) is 8.04. The second kappa shape index (κ2) is 7.08. The number of hydrogen-bond acceptors (Lipinski definition) is 2. The molecule has 1 unspecified atom stereocenters. The molecule has 1 fully saturated rings. The van der Waals surface area contributed by atoms with E-state index < -0.39 is 0 Å². The molecule has 0 spiro atoms. The number of nitrogens with one attached hydrogen (secondary N) is 1. The molecule has 1 aliphatic carbocycles. The normalized spacial score (nSPS) is 19.9. The lowest BCUT2D eigenvalue weighted by Crippen LogP contribution is -2.41. The van der Waals surface area contributed by atoms with Gasteiger partial charge in [0.05, 0.1) is 5.60 Å². The van der Waals surface area contributed by atoms with Crippen molar-refractivity contribution >= 4 is 0 Å². The van der Waals surface area contributed by atoms with E-state index >= 15 is 0 Å². The average Bonchev–Trinajstić information content (AvgIpc) is 2.81. The molecule has 114 valence electrons. The largest absolute Gasteiger partial charge is 0.379 e. The van der Waals surface area contributed by atoms with E-state index in [2.05, 4.69) is 39.9 Å². The fourth-order valence-corrected chi connectivity index (χ4v) is 3.01. The first-order valence-electron chi connectivity index (χ1n) is 8.04. The van der Waals surface area contributed by atoms with E-state index in [0.717, 1.165) is 24.8 Å². The fourth-order valence-electron chi connectivity index (χ4n) is 3.01. The smallest absolute Gasteiger partial charge is 0.0622 e. The van der Waals surface area contributed by atoms with Gasteiger partial charge in [0, 0.05) is 12.6 Å². The molecule has 19 heavy (non-hydrogen) atoms. The quantitative estimate of drug-likeness (QED) is 0.740. The van der Waals surface area contributed by atoms with Gasteiger partial charge in [0.1, 0.15) is 0 Å². The lowest BCUT2D eigenvalue weighted by Gasteiger charge is -2.31. The third-order valence-electron chi connectivity index (χ3n) is 4.63. The van der Waals surface area contributed by atoms with Crippen molar-refractivity contribution in [3.63, 3.8) is 0 Å². The minimum absolute atomic E-state index is 0.0264. The molecule has 1 aliphatic rings. The summed E-state index contributed by atoms with van der Waals surface area (Å²) in [6.07, 6.45) is 8.19. The maximum Gasteiger partial charge on any atom is 0.0622 e. The zero-order chi connectivity index (χ0) is 14.5. The van der Waals surface area contributed by atoms with Crippen molar-refractivity contribution in [3.05, 3.63) is 0 Å². The summed E-state index contributed by atoms with van der Waals surface area (Å²) in [6.45, 7) is 12.4. The summed E-state index contributed by atoms with van der Waals surface area (Å²) in [5.41, 5.74) is 0.256. The van der Waals surface area contributed by atoms with Gasteiger partial charge < -0.3 is 10.1 Å². The molecule has 0 aromatic heterocycles. The van der Waals surface area contributed by atoms with Gasteiger partial charge in [0.15, 0.2) is 0 Å². The van der Waals surface area contributed by atoms with E-state index in [9.17, 15) is 0 Å². The molecule has 2 nitrogen and oxygen atoms in total. The van der Waals surface area contributed by atoms with Crippen molar-refractivity contribution in [2.75, 3.05) is 13.7 Å². The molecule has 1 N–H and O–H groups in total. The summed E-state index contributed by atoms with van der Waals surface area (Å²) in [4.78, 5) is 0. The van der Waals surface area contributed by atoms with Gasteiger partial charge in [-0.15, -0.1) is 0 Å². The van der Waals surface area contributed by atoms with Crippen molar-refractivity contribution in [1.82, 2.24) is 5.32 Å². The Morgan fingerprint density at radius 3 is 2.16 bits per heavy atom. The van der Waals surface area contributed by atoms with E-state index in [1.54, 1.807) is 0 Å². The highest BCUT2D eigenvalue weighted by molar-refractivity contribution is 4.82. The molecule has 2 heteroatoms. The van der Waals surface area contributed by atoms with E-state index in [4.69, 9.17) is 4.74 Å². The molecule has 0 aromatic rings. The van der Waals surface area contributed by atoms with Gasteiger partial charge in [-0.25, -0.2) is 0 Å². The number of methoxy groups -OCH3 is 1. The highest BCUT2D eigenvalue weighted by Gasteiger charge is 2.28. The summed E-state index contributed by atoms with van der Waals surface area (Å²) in [7, 11) is 1.83. The van der Waals surface area contributed by atoms with Crippen LogP contribution in [-0.2, 0) is 4.74 Å². The molecule has 1 rings (SSSR count). The van der Waals surface area contributed by atoms with Crippen LogP contribution >= 0.6 is 0 Å². The minimum atomic E-state index is 0.0264. The van der Waals surface area contributed by atoms with Crippen molar-refractivity contribution in [2.24, 2.45) is 11.8 Å². The third-order valence-corrected chi connectivity index (χ3v) is 4.63. The van der Waals surface area contributed by atoms with Gasteiger partial charge in [-0.2, -0.15) is 0 Å². The summed E-state index contributed by atoms with van der Waals surface area (Å²) in [6, 6.07) is 0. The molecule has 1 atom stereocenters. The summed E-state index contributed by atoms with van der Waals surface area (Å²) >= 11 is 0. The molecular weight excluding hydrogens is 234 g/mol. The maximum absolute atomic E-state index is 5.58. The van der Waals surface area contributed by atoms with Crippen LogP contribution in [0.15, 0.2) is 0 Å². The second-order valence-corrected chi connectivity index (χ2v) is 7.94. The molecule has 0 amide bonds. The Kier molecular flexibility index (Phi) is 6.32. The van der Waals surface area contributed by atoms with Gasteiger partial charge in [0.25, 0.3) is 0 Å². The standard InChI is InChI=1S/C17H35NO/c1-16(2,3)18-13-15(14-9-7-8-10-14)11-12-17(4,5)19-6/h14-15,18H,7-13H2,1-6H3. The summed E-state index contributed by atoms with van der Waals surface area (Å²) in [5, 5.41) is 3.71. The molecule has 0 aliphatic heterocycles. The zero-order valence-corrected chi connectivity index (χ0v) is 14.0. The van der Waals surface area contributed by atoms with Crippen molar-refractivity contribution in [1.29, 1.82) is 0 Å². The average molecular weight is 269 g/mol. The number of hydrogen-bond donors (Lipinski definition) is 1. The van der Waals surface area contributed by atoms with E-state index in [-0.39, 0.29) is 11.1 Å². The molecule has 1 saturated carbocycles.